The molecular formula is C11H15BrN2O3S. The van der Waals surface area contributed by atoms with Gasteiger partial charge in [-0.15, -0.1) is 0 Å². The van der Waals surface area contributed by atoms with E-state index in [0.29, 0.717) is 5.56 Å². The minimum Gasteiger partial charge on any atom is -0.351 e. The lowest BCUT2D eigenvalue weighted by Gasteiger charge is -2.08. The molecule has 1 aromatic rings. The smallest absolute Gasteiger partial charge is 0.251 e. The van der Waals surface area contributed by atoms with Crippen LogP contribution in [0.2, 0.25) is 0 Å². The van der Waals surface area contributed by atoms with E-state index in [4.69, 9.17) is 0 Å². The fourth-order valence-electron chi connectivity index (χ4n) is 1.34. The number of carbonyl (C=O) groups is 1. The zero-order chi connectivity index (χ0) is 13.8. The lowest BCUT2D eigenvalue weighted by molar-refractivity contribution is 0.0955. The third-order valence-corrected chi connectivity index (χ3v) is 4.27. The van der Waals surface area contributed by atoms with E-state index in [0.717, 1.165) is 10.0 Å². The Bertz CT molecular complexity index is 543. The summed E-state index contributed by atoms with van der Waals surface area (Å²) >= 11 is 3.29. The fourth-order valence-corrected chi connectivity index (χ4v) is 2.27. The first-order valence-corrected chi connectivity index (χ1v) is 7.76. The molecular weight excluding hydrogens is 320 g/mol. The monoisotopic (exact) mass is 334 g/mol. The molecule has 18 heavy (non-hydrogen) atoms. The summed E-state index contributed by atoms with van der Waals surface area (Å²) in [7, 11) is -1.95. The maximum atomic E-state index is 11.8. The van der Waals surface area contributed by atoms with Crippen molar-refractivity contribution in [2.75, 3.05) is 19.3 Å². The standard InChI is InChI=1S/C11H15BrN2O3S/c1-8-3-4-9(12)7-10(8)11(15)14-5-6-18(16,17)13-2/h3-4,7,13H,5-6H2,1-2H3,(H,14,15). The van der Waals surface area contributed by atoms with Crippen LogP contribution >= 0.6 is 15.9 Å². The largest absolute Gasteiger partial charge is 0.351 e. The number of nitrogens with one attached hydrogen (secondary N) is 2. The minimum absolute atomic E-state index is 0.0773. The molecule has 0 unspecified atom stereocenters. The Morgan fingerprint density at radius 2 is 2.06 bits per heavy atom. The minimum atomic E-state index is -3.29. The van der Waals surface area contributed by atoms with Gasteiger partial charge in [-0.2, -0.15) is 0 Å². The van der Waals surface area contributed by atoms with Crippen LogP contribution in [0.25, 0.3) is 0 Å². The van der Waals surface area contributed by atoms with Crippen molar-refractivity contribution in [3.05, 3.63) is 33.8 Å². The summed E-state index contributed by atoms with van der Waals surface area (Å²) < 4.78 is 25.3. The van der Waals surface area contributed by atoms with Crippen LogP contribution in [0.3, 0.4) is 0 Å². The van der Waals surface area contributed by atoms with Crippen molar-refractivity contribution in [2.24, 2.45) is 0 Å². The lowest BCUT2D eigenvalue weighted by atomic mass is 10.1. The summed E-state index contributed by atoms with van der Waals surface area (Å²) in [5.74, 6) is -0.414. The van der Waals surface area contributed by atoms with Gasteiger partial charge < -0.3 is 5.32 Å². The Hall–Kier alpha value is -0.920. The number of carbonyl (C=O) groups excluding carboxylic acids is 1. The topological polar surface area (TPSA) is 75.3 Å². The highest BCUT2D eigenvalue weighted by Crippen LogP contribution is 2.15. The van der Waals surface area contributed by atoms with E-state index in [9.17, 15) is 13.2 Å². The van der Waals surface area contributed by atoms with Crippen LogP contribution in [0, 0.1) is 6.92 Å². The average Bonchev–Trinajstić information content (AvgIpc) is 2.32. The molecule has 0 radical (unpaired) electrons. The van der Waals surface area contributed by atoms with Crippen molar-refractivity contribution >= 4 is 31.9 Å². The zero-order valence-corrected chi connectivity index (χ0v) is 12.6. The van der Waals surface area contributed by atoms with Crippen LogP contribution in [-0.2, 0) is 10.0 Å². The summed E-state index contributed by atoms with van der Waals surface area (Å²) in [4.78, 5) is 11.8. The summed E-state index contributed by atoms with van der Waals surface area (Å²) in [5, 5.41) is 2.58. The van der Waals surface area contributed by atoms with Gasteiger partial charge in [0, 0.05) is 16.6 Å². The quantitative estimate of drug-likeness (QED) is 0.844. The highest BCUT2D eigenvalue weighted by molar-refractivity contribution is 9.10. The van der Waals surface area contributed by atoms with Crippen molar-refractivity contribution in [1.82, 2.24) is 10.0 Å². The summed E-state index contributed by atoms with van der Waals surface area (Å²) in [6.45, 7) is 1.90. The molecule has 5 nitrogen and oxygen atoms in total. The second-order valence-electron chi connectivity index (χ2n) is 3.74. The van der Waals surface area contributed by atoms with Gasteiger partial charge >= 0.3 is 0 Å². The molecule has 0 aliphatic carbocycles. The van der Waals surface area contributed by atoms with Crippen LogP contribution in [0.15, 0.2) is 22.7 Å². The van der Waals surface area contributed by atoms with Gasteiger partial charge in [0.05, 0.1) is 5.75 Å². The van der Waals surface area contributed by atoms with Crippen LogP contribution in [0.1, 0.15) is 15.9 Å². The second kappa shape index (κ2) is 6.31. The SMILES string of the molecule is CNS(=O)(=O)CCNC(=O)c1cc(Br)ccc1C. The van der Waals surface area contributed by atoms with E-state index in [2.05, 4.69) is 26.0 Å². The first-order valence-electron chi connectivity index (χ1n) is 5.31. The zero-order valence-electron chi connectivity index (χ0n) is 10.2. The fraction of sp³-hybridized carbons (Fsp3) is 0.364. The molecule has 0 saturated carbocycles. The molecule has 1 amide bonds. The van der Waals surface area contributed by atoms with E-state index in [1.54, 1.807) is 6.07 Å². The van der Waals surface area contributed by atoms with E-state index in [1.165, 1.54) is 7.05 Å². The molecule has 0 bridgehead atoms. The van der Waals surface area contributed by atoms with Gasteiger partial charge in [-0.3, -0.25) is 4.79 Å². The third kappa shape index (κ3) is 4.40. The molecule has 0 saturated heterocycles. The summed E-state index contributed by atoms with van der Waals surface area (Å²) in [6.07, 6.45) is 0. The number of benzene rings is 1. The number of sulfonamides is 1. The molecule has 2 N–H and O–H groups in total. The van der Waals surface area contributed by atoms with Crippen LogP contribution in [-0.4, -0.2) is 33.7 Å². The van der Waals surface area contributed by atoms with E-state index in [1.807, 2.05) is 19.1 Å². The van der Waals surface area contributed by atoms with Gasteiger partial charge in [0.25, 0.3) is 5.91 Å². The molecule has 100 valence electrons. The number of halogens is 1. The summed E-state index contributed by atoms with van der Waals surface area (Å²) in [6, 6.07) is 5.37. The van der Waals surface area contributed by atoms with Crippen molar-refractivity contribution in [3.63, 3.8) is 0 Å². The van der Waals surface area contributed by atoms with E-state index in [-0.39, 0.29) is 18.2 Å². The predicted molar refractivity (Wildman–Crippen MR) is 74.1 cm³/mol. The molecule has 0 aliphatic rings. The van der Waals surface area contributed by atoms with Crippen LogP contribution < -0.4 is 10.0 Å². The first kappa shape index (κ1) is 15.1. The van der Waals surface area contributed by atoms with Crippen molar-refractivity contribution in [2.45, 2.75) is 6.92 Å². The first-order chi connectivity index (χ1) is 8.35. The molecule has 0 aromatic heterocycles. The number of aryl methyl sites for hydroxylation is 1. The molecule has 0 spiro atoms. The lowest BCUT2D eigenvalue weighted by Crippen LogP contribution is -2.33. The van der Waals surface area contributed by atoms with Gasteiger partial charge in [-0.05, 0) is 31.7 Å². The van der Waals surface area contributed by atoms with Gasteiger partial charge in [-0.25, -0.2) is 13.1 Å². The average molecular weight is 335 g/mol. The van der Waals surface area contributed by atoms with Gasteiger partial charge in [0.15, 0.2) is 0 Å². The Kier molecular flexibility index (Phi) is 5.30. The Labute approximate surface area is 115 Å². The Morgan fingerprint density at radius 3 is 2.67 bits per heavy atom. The Balaban J connectivity index is 2.64. The number of hydrogen-bond donors (Lipinski definition) is 2. The van der Waals surface area contributed by atoms with Crippen molar-refractivity contribution in [1.29, 1.82) is 0 Å². The van der Waals surface area contributed by atoms with Gasteiger partial charge in [-0.1, -0.05) is 22.0 Å². The molecule has 0 heterocycles. The maximum Gasteiger partial charge on any atom is 0.251 e. The van der Waals surface area contributed by atoms with Crippen molar-refractivity contribution < 1.29 is 13.2 Å². The third-order valence-electron chi connectivity index (χ3n) is 2.41. The Morgan fingerprint density at radius 1 is 1.39 bits per heavy atom. The van der Waals surface area contributed by atoms with Crippen molar-refractivity contribution in [3.8, 4) is 0 Å². The number of hydrogen-bond acceptors (Lipinski definition) is 3. The van der Waals surface area contributed by atoms with E-state index >= 15 is 0 Å². The molecule has 1 aromatic carbocycles. The molecule has 7 heteroatoms. The molecule has 0 atom stereocenters. The second-order valence-corrected chi connectivity index (χ2v) is 6.70. The number of amides is 1. The number of rotatable bonds is 5. The van der Waals surface area contributed by atoms with Gasteiger partial charge in [0.2, 0.25) is 10.0 Å². The van der Waals surface area contributed by atoms with E-state index < -0.39 is 10.0 Å². The predicted octanol–water partition coefficient (Wildman–Crippen LogP) is 1.04. The maximum absolute atomic E-state index is 11.8. The normalized spacial score (nSPS) is 11.3. The van der Waals surface area contributed by atoms with Crippen LogP contribution in [0.5, 0.6) is 0 Å². The van der Waals surface area contributed by atoms with Crippen LogP contribution in [0.4, 0.5) is 0 Å². The molecule has 1 rings (SSSR count). The highest BCUT2D eigenvalue weighted by atomic mass is 79.9. The highest BCUT2D eigenvalue weighted by Gasteiger charge is 2.11. The molecule has 0 aliphatic heterocycles. The van der Waals surface area contributed by atoms with Gasteiger partial charge in [0.1, 0.15) is 0 Å². The molecule has 0 fully saturated rings. The summed E-state index contributed by atoms with van der Waals surface area (Å²) in [5.41, 5.74) is 1.37.